The van der Waals surface area contributed by atoms with Gasteiger partial charge in [-0.2, -0.15) is 10.1 Å². The van der Waals surface area contributed by atoms with Crippen LogP contribution in [0.3, 0.4) is 0 Å². The average molecular weight is 373 g/mol. The summed E-state index contributed by atoms with van der Waals surface area (Å²) in [6, 6.07) is 7.81. The predicted octanol–water partition coefficient (Wildman–Crippen LogP) is 1.72. The fraction of sp³-hybridized carbons (Fsp3) is 0.353. The molecule has 0 spiro atoms. The van der Waals surface area contributed by atoms with Crippen molar-refractivity contribution in [2.24, 2.45) is 0 Å². The molecule has 0 radical (unpaired) electrons. The van der Waals surface area contributed by atoms with Crippen LogP contribution in [0, 0.1) is 0 Å². The van der Waals surface area contributed by atoms with Crippen LogP contribution >= 0.6 is 0 Å². The Morgan fingerprint density at radius 1 is 1.23 bits per heavy atom. The molecule has 0 atom stereocenters. The van der Waals surface area contributed by atoms with Gasteiger partial charge in [-0.3, -0.25) is 5.10 Å². The molecule has 1 aromatic carbocycles. The van der Waals surface area contributed by atoms with E-state index in [2.05, 4.69) is 25.1 Å². The van der Waals surface area contributed by atoms with Crippen LogP contribution in [-0.4, -0.2) is 48.5 Å². The molecule has 1 N–H and O–H groups in total. The minimum absolute atomic E-state index is 0.183. The average Bonchev–Trinajstić information content (AvgIpc) is 2.94. The van der Waals surface area contributed by atoms with Crippen LogP contribution in [0.15, 0.2) is 29.4 Å². The Morgan fingerprint density at radius 2 is 2.00 bits per heavy atom. The molecule has 0 unspecified atom stereocenters. The number of nitrogens with zero attached hydrogens (tertiary/aromatic N) is 4. The summed E-state index contributed by atoms with van der Waals surface area (Å²) in [6.07, 6.45) is 2.82. The van der Waals surface area contributed by atoms with Crippen LogP contribution in [-0.2, 0) is 22.8 Å². The molecule has 1 aliphatic rings. The molecule has 8 nitrogen and oxygen atoms in total. The number of hydrogen-bond donors (Lipinski definition) is 1. The van der Waals surface area contributed by atoms with Gasteiger partial charge in [-0.05, 0) is 30.5 Å². The van der Waals surface area contributed by atoms with E-state index in [0.717, 1.165) is 48.0 Å². The van der Waals surface area contributed by atoms with Crippen LogP contribution in [0.5, 0.6) is 5.75 Å². The van der Waals surface area contributed by atoms with Crippen LogP contribution in [0.1, 0.15) is 17.7 Å². The van der Waals surface area contributed by atoms with E-state index >= 15 is 0 Å². The number of aromatic amines is 1. The van der Waals surface area contributed by atoms with Crippen molar-refractivity contribution in [1.29, 1.82) is 0 Å². The lowest BCUT2D eigenvalue weighted by Gasteiger charge is -2.23. The zero-order valence-corrected chi connectivity index (χ0v) is 15.4. The zero-order chi connectivity index (χ0) is 18.3. The van der Waals surface area contributed by atoms with Crippen molar-refractivity contribution >= 4 is 26.7 Å². The number of rotatable bonds is 4. The Hall–Kier alpha value is -2.68. The molecule has 0 aliphatic carbocycles. The maximum absolute atomic E-state index is 12.0. The highest BCUT2D eigenvalue weighted by Crippen LogP contribution is 2.31. The molecule has 1 aliphatic heterocycles. The molecule has 0 saturated heterocycles. The highest BCUT2D eigenvalue weighted by molar-refractivity contribution is 7.90. The van der Waals surface area contributed by atoms with E-state index in [4.69, 9.17) is 4.74 Å². The topological polar surface area (TPSA) is 101 Å². The van der Waals surface area contributed by atoms with Crippen LogP contribution in [0.4, 0.5) is 5.82 Å². The maximum atomic E-state index is 12.0. The molecular weight excluding hydrogens is 354 g/mol. The fourth-order valence-electron chi connectivity index (χ4n) is 3.18. The number of sulfone groups is 1. The molecule has 0 amide bonds. The Bertz CT molecular complexity index is 1060. The van der Waals surface area contributed by atoms with E-state index in [0.29, 0.717) is 18.0 Å². The lowest BCUT2D eigenvalue weighted by molar-refractivity contribution is 0.414. The number of hydrogen-bond acceptors (Lipinski definition) is 7. The van der Waals surface area contributed by atoms with E-state index in [9.17, 15) is 8.42 Å². The minimum atomic E-state index is -3.52. The third-order valence-electron chi connectivity index (χ3n) is 4.46. The van der Waals surface area contributed by atoms with Gasteiger partial charge < -0.3 is 9.64 Å². The van der Waals surface area contributed by atoms with Crippen molar-refractivity contribution in [2.45, 2.75) is 24.5 Å². The number of aryl methyl sites for hydroxylation is 1. The second-order valence-corrected chi connectivity index (χ2v) is 8.28. The number of nitrogens with one attached hydrogen (secondary N) is 1. The number of H-pyrrole nitrogens is 1. The summed E-state index contributed by atoms with van der Waals surface area (Å²) >= 11 is 0. The van der Waals surface area contributed by atoms with Crippen LogP contribution in [0.2, 0.25) is 0 Å². The van der Waals surface area contributed by atoms with Crippen molar-refractivity contribution in [2.75, 3.05) is 24.8 Å². The first kappa shape index (κ1) is 16.8. The summed E-state index contributed by atoms with van der Waals surface area (Å²) < 4.78 is 29.2. The highest BCUT2D eigenvalue weighted by Gasteiger charge is 2.25. The number of methoxy groups -OCH3 is 1. The van der Waals surface area contributed by atoms with Crippen LogP contribution < -0.4 is 9.64 Å². The summed E-state index contributed by atoms with van der Waals surface area (Å²) in [5.41, 5.74) is 2.43. The van der Waals surface area contributed by atoms with Gasteiger partial charge in [0.25, 0.3) is 5.16 Å². The molecule has 4 rings (SSSR count). The number of benzene rings is 1. The molecule has 3 heterocycles. The molecule has 0 bridgehead atoms. The first-order valence-electron chi connectivity index (χ1n) is 8.28. The largest absolute Gasteiger partial charge is 0.497 e. The Kier molecular flexibility index (Phi) is 4.03. The lowest BCUT2D eigenvalue weighted by Crippen LogP contribution is -2.25. The van der Waals surface area contributed by atoms with Crippen molar-refractivity contribution in [1.82, 2.24) is 20.2 Å². The second-order valence-electron chi connectivity index (χ2n) is 6.37. The lowest BCUT2D eigenvalue weighted by atomic mass is 10.2. The van der Waals surface area contributed by atoms with Gasteiger partial charge in [-0.15, -0.1) is 0 Å². The van der Waals surface area contributed by atoms with Crippen molar-refractivity contribution in [3.63, 3.8) is 0 Å². The van der Waals surface area contributed by atoms with Gasteiger partial charge >= 0.3 is 0 Å². The van der Waals surface area contributed by atoms with E-state index in [1.165, 1.54) is 0 Å². The highest BCUT2D eigenvalue weighted by atomic mass is 32.2. The third kappa shape index (κ3) is 2.98. The Morgan fingerprint density at radius 3 is 2.69 bits per heavy atom. The monoisotopic (exact) mass is 373 g/mol. The van der Waals surface area contributed by atoms with Gasteiger partial charge in [0, 0.05) is 19.3 Å². The molecule has 136 valence electrons. The normalized spacial score (nSPS) is 14.5. The molecule has 3 aromatic rings. The summed E-state index contributed by atoms with van der Waals surface area (Å²) in [5, 5.41) is 7.78. The maximum Gasteiger partial charge on any atom is 0.250 e. The van der Waals surface area contributed by atoms with Crippen molar-refractivity contribution in [3.05, 3.63) is 35.5 Å². The van der Waals surface area contributed by atoms with E-state index in [1.807, 2.05) is 24.3 Å². The van der Waals surface area contributed by atoms with Gasteiger partial charge in [-0.1, -0.05) is 12.1 Å². The zero-order valence-electron chi connectivity index (χ0n) is 14.6. The summed E-state index contributed by atoms with van der Waals surface area (Å²) in [7, 11) is -1.89. The first-order chi connectivity index (χ1) is 12.5. The molecule has 9 heteroatoms. The Balaban J connectivity index is 1.80. The molecule has 2 aromatic heterocycles. The molecule has 0 fully saturated rings. The molecule has 0 saturated carbocycles. The van der Waals surface area contributed by atoms with E-state index < -0.39 is 9.84 Å². The van der Waals surface area contributed by atoms with Crippen molar-refractivity contribution < 1.29 is 13.2 Å². The Labute approximate surface area is 151 Å². The van der Waals surface area contributed by atoms with Crippen molar-refractivity contribution in [3.8, 4) is 5.75 Å². The minimum Gasteiger partial charge on any atom is -0.497 e. The van der Waals surface area contributed by atoms with Gasteiger partial charge in [0.1, 0.15) is 11.6 Å². The summed E-state index contributed by atoms with van der Waals surface area (Å²) in [4.78, 5) is 10.6. The van der Waals surface area contributed by atoms with Crippen LogP contribution in [0.25, 0.3) is 11.0 Å². The smallest absolute Gasteiger partial charge is 0.250 e. The quantitative estimate of drug-likeness (QED) is 0.695. The van der Waals surface area contributed by atoms with E-state index in [-0.39, 0.29) is 5.16 Å². The van der Waals surface area contributed by atoms with Gasteiger partial charge in [-0.25, -0.2) is 13.4 Å². The fourth-order valence-corrected chi connectivity index (χ4v) is 3.69. The van der Waals surface area contributed by atoms with E-state index in [1.54, 1.807) is 7.11 Å². The van der Waals surface area contributed by atoms with Gasteiger partial charge in [0.05, 0.1) is 18.2 Å². The standard InChI is InChI=1S/C17H19N5O3S/c1-25-12-7-5-11(6-8-12)10-22-9-3-4-13-14-15(21-20-13)18-17(19-16(14)22)26(2,23)24/h5-8H,3-4,9-10H2,1-2H3,(H,18,19,20,21). The second kappa shape index (κ2) is 6.24. The summed E-state index contributed by atoms with van der Waals surface area (Å²) in [6.45, 7) is 1.38. The molecular formula is C17H19N5O3S. The summed E-state index contributed by atoms with van der Waals surface area (Å²) in [5.74, 6) is 1.41. The van der Waals surface area contributed by atoms with Gasteiger partial charge in [0.15, 0.2) is 5.65 Å². The SMILES string of the molecule is COc1ccc(CN2CCCc3n[nH]c4nc(S(C)(=O)=O)nc2c34)cc1. The first-order valence-corrected chi connectivity index (χ1v) is 10.2. The number of aromatic nitrogens is 4. The number of anilines is 1. The predicted molar refractivity (Wildman–Crippen MR) is 97.2 cm³/mol. The molecule has 26 heavy (non-hydrogen) atoms. The van der Waals surface area contributed by atoms with Gasteiger partial charge in [0.2, 0.25) is 9.84 Å². The number of ether oxygens (including phenoxy) is 1. The third-order valence-corrected chi connectivity index (χ3v) is 5.31.